The van der Waals surface area contributed by atoms with Gasteiger partial charge in [-0.15, -0.1) is 0 Å². The molecule has 0 aliphatic carbocycles. The summed E-state index contributed by atoms with van der Waals surface area (Å²) in [6.45, 7) is 10.3. The summed E-state index contributed by atoms with van der Waals surface area (Å²) in [5, 5.41) is 0. The predicted octanol–water partition coefficient (Wildman–Crippen LogP) is 4.89. The molecule has 0 heterocycles. The van der Waals surface area contributed by atoms with Crippen molar-refractivity contribution < 1.29 is 32.2 Å². The number of Topliss-reactive ketones (excluding diaryl/α,β-unsaturated/α-hetero) is 1. The summed E-state index contributed by atoms with van der Waals surface area (Å²) in [4.78, 5) is 15.0. The number of ether oxygens (including phenoxy) is 3. The van der Waals surface area contributed by atoms with Crippen LogP contribution in [-0.4, -0.2) is 50.8 Å². The second kappa shape index (κ2) is 14.0. The first kappa shape index (κ1) is 28.7. The quantitative estimate of drug-likeness (QED) is 0.135. The van der Waals surface area contributed by atoms with E-state index >= 15 is 0 Å². The van der Waals surface area contributed by atoms with Crippen molar-refractivity contribution in [3.63, 3.8) is 0 Å². The number of unbranched alkanes of at least 4 members (excludes halogenated alkanes) is 3. The molecule has 0 aromatic heterocycles. The third-order valence-corrected chi connectivity index (χ3v) is 7.11. The van der Waals surface area contributed by atoms with E-state index in [9.17, 15) is 13.2 Å². The van der Waals surface area contributed by atoms with Gasteiger partial charge in [0.05, 0.1) is 25.6 Å². The molecule has 33 heavy (non-hydrogen) atoms. The first-order valence-corrected chi connectivity index (χ1v) is 13.3. The van der Waals surface area contributed by atoms with E-state index in [0.717, 1.165) is 44.7 Å². The standard InChI is InChI=1S/C24H38N2O6S/c1-6-9-14-30-19-12-13-20(33(28,29)18-24(4,5)21(27)17-26-25)23(32-16-11-8-3)22(19)31-15-10-7-2/h12-13,17H,6-11,14-16,18H2,1-5H3. The first-order valence-electron chi connectivity index (χ1n) is 11.6. The monoisotopic (exact) mass is 482 g/mol. The molecule has 1 rings (SSSR count). The molecule has 0 fully saturated rings. The molecule has 0 saturated heterocycles. The van der Waals surface area contributed by atoms with Gasteiger partial charge in [0.1, 0.15) is 4.90 Å². The maximum absolute atomic E-state index is 13.4. The van der Waals surface area contributed by atoms with Crippen LogP contribution in [0.5, 0.6) is 17.2 Å². The molecule has 0 saturated carbocycles. The van der Waals surface area contributed by atoms with Gasteiger partial charge in [-0.25, -0.2) is 8.42 Å². The van der Waals surface area contributed by atoms with Crippen LogP contribution >= 0.6 is 0 Å². The van der Waals surface area contributed by atoms with Crippen molar-refractivity contribution in [2.24, 2.45) is 5.41 Å². The molecule has 0 amide bonds. The van der Waals surface area contributed by atoms with Gasteiger partial charge < -0.3 is 19.7 Å². The number of carbonyl (C=O) groups excluding carboxylic acids is 1. The number of ketones is 1. The van der Waals surface area contributed by atoms with Crippen LogP contribution in [-0.2, 0) is 14.6 Å². The van der Waals surface area contributed by atoms with E-state index in [1.165, 1.54) is 19.9 Å². The number of carbonyl (C=O) groups is 1. The maximum atomic E-state index is 13.4. The zero-order chi connectivity index (χ0) is 24.9. The summed E-state index contributed by atoms with van der Waals surface area (Å²) in [5.74, 6) is -0.251. The predicted molar refractivity (Wildman–Crippen MR) is 128 cm³/mol. The highest BCUT2D eigenvalue weighted by atomic mass is 32.2. The Balaban J connectivity index is 3.52. The molecule has 1 aromatic rings. The third-order valence-electron chi connectivity index (χ3n) is 5.01. The average Bonchev–Trinajstić information content (AvgIpc) is 2.74. The summed E-state index contributed by atoms with van der Waals surface area (Å²) in [6, 6.07) is 3.03. The molecule has 0 aliphatic heterocycles. The molecule has 9 heteroatoms. The minimum absolute atomic E-state index is 0.0465. The lowest BCUT2D eigenvalue weighted by Gasteiger charge is -2.23. The minimum Gasteiger partial charge on any atom is -0.490 e. The fourth-order valence-corrected chi connectivity index (χ4v) is 4.93. The lowest BCUT2D eigenvalue weighted by atomic mass is 9.91. The molecular formula is C24H38N2O6S. The Kier molecular flexibility index (Phi) is 12.2. The molecule has 0 atom stereocenters. The Morgan fingerprint density at radius 2 is 1.45 bits per heavy atom. The van der Waals surface area contributed by atoms with Crippen LogP contribution in [0.1, 0.15) is 73.1 Å². The normalized spacial score (nSPS) is 11.5. The third kappa shape index (κ3) is 8.82. The Morgan fingerprint density at radius 3 is 1.97 bits per heavy atom. The van der Waals surface area contributed by atoms with Crippen molar-refractivity contribution in [3.8, 4) is 17.2 Å². The van der Waals surface area contributed by atoms with Gasteiger partial charge in [-0.05, 0) is 31.4 Å². The van der Waals surface area contributed by atoms with Crippen molar-refractivity contribution in [2.75, 3.05) is 25.6 Å². The number of benzene rings is 1. The topological polar surface area (TPSA) is 115 Å². The second-order valence-corrected chi connectivity index (χ2v) is 10.5. The van der Waals surface area contributed by atoms with Gasteiger partial charge in [0.2, 0.25) is 11.5 Å². The highest BCUT2D eigenvalue weighted by Crippen LogP contribution is 2.44. The Morgan fingerprint density at radius 1 is 0.939 bits per heavy atom. The van der Waals surface area contributed by atoms with Gasteiger partial charge >= 0.3 is 6.21 Å². The van der Waals surface area contributed by atoms with E-state index in [2.05, 4.69) is 11.7 Å². The van der Waals surface area contributed by atoms with Crippen molar-refractivity contribution in [2.45, 2.75) is 78.0 Å². The molecule has 1 aromatic carbocycles. The van der Waals surface area contributed by atoms with Crippen LogP contribution in [0.15, 0.2) is 17.0 Å². The van der Waals surface area contributed by atoms with Crippen LogP contribution in [0.4, 0.5) is 0 Å². The smallest absolute Gasteiger partial charge is 0.323 e. The molecule has 0 aliphatic rings. The van der Waals surface area contributed by atoms with Crippen molar-refractivity contribution in [1.82, 2.24) is 0 Å². The fourth-order valence-electron chi connectivity index (χ4n) is 2.97. The van der Waals surface area contributed by atoms with E-state index in [1.54, 1.807) is 6.07 Å². The molecule has 0 N–H and O–H groups in total. The van der Waals surface area contributed by atoms with Crippen LogP contribution in [0.3, 0.4) is 0 Å². The number of hydrogen-bond donors (Lipinski definition) is 0. The zero-order valence-electron chi connectivity index (χ0n) is 20.6. The Labute approximate surface area is 198 Å². The largest absolute Gasteiger partial charge is 0.490 e. The number of rotatable bonds is 17. The van der Waals surface area contributed by atoms with Gasteiger partial charge in [-0.2, -0.15) is 4.79 Å². The molecule has 186 valence electrons. The Bertz CT molecular complexity index is 921. The van der Waals surface area contributed by atoms with Gasteiger partial charge in [0.25, 0.3) is 0 Å². The number of nitrogens with zero attached hydrogens (tertiary/aromatic N) is 2. The minimum atomic E-state index is -3.97. The second-order valence-electron chi connectivity index (χ2n) is 8.58. The van der Waals surface area contributed by atoms with Gasteiger partial charge in [0.15, 0.2) is 21.3 Å². The van der Waals surface area contributed by atoms with Gasteiger partial charge in [0, 0.05) is 5.41 Å². The van der Waals surface area contributed by atoms with Crippen LogP contribution in [0, 0.1) is 5.41 Å². The average molecular weight is 483 g/mol. The van der Waals surface area contributed by atoms with E-state index in [0.29, 0.717) is 25.6 Å². The van der Waals surface area contributed by atoms with Gasteiger partial charge in [-0.1, -0.05) is 53.9 Å². The van der Waals surface area contributed by atoms with Crippen molar-refractivity contribution in [1.29, 1.82) is 0 Å². The molecule has 8 nitrogen and oxygen atoms in total. The van der Waals surface area contributed by atoms with Crippen molar-refractivity contribution in [3.05, 3.63) is 17.7 Å². The highest BCUT2D eigenvalue weighted by molar-refractivity contribution is 7.91. The lowest BCUT2D eigenvalue weighted by Crippen LogP contribution is -2.33. The summed E-state index contributed by atoms with van der Waals surface area (Å²) >= 11 is 0. The fraction of sp³-hybridized carbons (Fsp3) is 0.667. The summed E-state index contributed by atoms with van der Waals surface area (Å²) < 4.78 is 44.7. The SMILES string of the molecule is CCCCOc1ccc(S(=O)(=O)CC(C)(C)C(=O)C=[N+]=[N-])c(OCCCC)c1OCCCC. The maximum Gasteiger partial charge on any atom is 0.323 e. The zero-order valence-corrected chi connectivity index (χ0v) is 21.4. The first-order chi connectivity index (χ1) is 15.6. The summed E-state index contributed by atoms with van der Waals surface area (Å²) in [6.07, 6.45) is 5.86. The van der Waals surface area contributed by atoms with Gasteiger partial charge in [-0.3, -0.25) is 4.79 Å². The molecule has 0 unspecified atom stereocenters. The highest BCUT2D eigenvalue weighted by Gasteiger charge is 2.37. The summed E-state index contributed by atoms with van der Waals surface area (Å²) in [5.41, 5.74) is 7.39. The lowest BCUT2D eigenvalue weighted by molar-refractivity contribution is -0.122. The molecular weight excluding hydrogens is 444 g/mol. The van der Waals surface area contributed by atoms with Crippen LogP contribution in [0.25, 0.3) is 5.53 Å². The van der Waals surface area contributed by atoms with Crippen molar-refractivity contribution >= 4 is 21.8 Å². The molecule has 0 bridgehead atoms. The number of sulfone groups is 1. The van der Waals surface area contributed by atoms with E-state index in [4.69, 9.17) is 19.7 Å². The number of hydrogen-bond acceptors (Lipinski definition) is 6. The van der Waals surface area contributed by atoms with E-state index in [1.807, 2.05) is 13.8 Å². The summed E-state index contributed by atoms with van der Waals surface area (Å²) in [7, 11) is -3.97. The van der Waals surface area contributed by atoms with E-state index in [-0.39, 0.29) is 16.4 Å². The van der Waals surface area contributed by atoms with Crippen LogP contribution < -0.4 is 14.2 Å². The van der Waals surface area contributed by atoms with Crippen LogP contribution in [0.2, 0.25) is 0 Å². The molecule has 0 radical (unpaired) electrons. The molecule has 0 spiro atoms. The van der Waals surface area contributed by atoms with E-state index < -0.39 is 26.8 Å². The Hall–Kier alpha value is -2.38.